The van der Waals surface area contributed by atoms with Gasteiger partial charge in [-0.3, -0.25) is 4.79 Å². The van der Waals surface area contributed by atoms with E-state index in [1.807, 2.05) is 0 Å². The number of halogens is 1. The molecule has 0 aliphatic carbocycles. The standard InChI is InChI=1S/C22H18ClNO5/c23-17-9-6-15(7-10-17)8-11-20(25)28-13-3-12-24-21(26)18-14-16-4-1-2-5-19(16)29-22(18)27/h1-2,4-11,14H,3,12-13H2,(H,24,26)/b11-8+. The Hall–Kier alpha value is -3.38. The molecule has 0 saturated heterocycles. The second-order valence-corrected chi connectivity index (χ2v) is 6.58. The van der Waals surface area contributed by atoms with Crippen molar-refractivity contribution >= 4 is 40.5 Å². The SMILES string of the molecule is O=C(/C=C/c1ccc(Cl)cc1)OCCCNC(=O)c1cc2ccccc2oc1=O. The Labute approximate surface area is 171 Å². The fraction of sp³-hybridized carbons (Fsp3) is 0.136. The fourth-order valence-electron chi connectivity index (χ4n) is 2.55. The minimum Gasteiger partial charge on any atom is -0.462 e. The maximum absolute atomic E-state index is 12.2. The quantitative estimate of drug-likeness (QED) is 0.276. The molecule has 1 aromatic heterocycles. The first-order valence-electron chi connectivity index (χ1n) is 8.94. The van der Waals surface area contributed by atoms with E-state index in [1.165, 1.54) is 12.1 Å². The van der Waals surface area contributed by atoms with Gasteiger partial charge in [-0.15, -0.1) is 0 Å². The lowest BCUT2D eigenvalue weighted by Gasteiger charge is -2.05. The third-order valence-corrected chi connectivity index (χ3v) is 4.27. The first-order chi connectivity index (χ1) is 14.0. The first-order valence-corrected chi connectivity index (χ1v) is 9.32. The van der Waals surface area contributed by atoms with Crippen LogP contribution < -0.4 is 10.9 Å². The molecule has 0 saturated carbocycles. The lowest BCUT2D eigenvalue weighted by atomic mass is 10.2. The van der Waals surface area contributed by atoms with Crippen LogP contribution in [-0.2, 0) is 9.53 Å². The molecule has 0 spiro atoms. The third-order valence-electron chi connectivity index (χ3n) is 4.02. The Morgan fingerprint density at radius 2 is 1.86 bits per heavy atom. The van der Waals surface area contributed by atoms with E-state index >= 15 is 0 Å². The first kappa shape index (κ1) is 20.4. The van der Waals surface area contributed by atoms with Gasteiger partial charge >= 0.3 is 11.6 Å². The maximum Gasteiger partial charge on any atom is 0.349 e. The lowest BCUT2D eigenvalue weighted by molar-refractivity contribution is -0.137. The molecule has 0 atom stereocenters. The highest BCUT2D eigenvalue weighted by Gasteiger charge is 2.13. The molecule has 2 aromatic carbocycles. The van der Waals surface area contributed by atoms with Gasteiger partial charge in [-0.1, -0.05) is 41.9 Å². The summed E-state index contributed by atoms with van der Waals surface area (Å²) in [4.78, 5) is 35.8. The van der Waals surface area contributed by atoms with Crippen molar-refractivity contribution in [3.8, 4) is 0 Å². The molecule has 148 valence electrons. The molecule has 0 radical (unpaired) electrons. The van der Waals surface area contributed by atoms with Gasteiger partial charge in [0.05, 0.1) is 6.61 Å². The van der Waals surface area contributed by atoms with Crippen LogP contribution in [0.15, 0.2) is 69.9 Å². The summed E-state index contributed by atoms with van der Waals surface area (Å²) in [6, 6.07) is 15.5. The summed E-state index contributed by atoms with van der Waals surface area (Å²) in [5.41, 5.74) is 0.493. The van der Waals surface area contributed by atoms with E-state index < -0.39 is 17.5 Å². The number of carbonyl (C=O) groups excluding carboxylic acids is 2. The average Bonchev–Trinajstić information content (AvgIpc) is 2.72. The highest BCUT2D eigenvalue weighted by molar-refractivity contribution is 6.30. The summed E-state index contributed by atoms with van der Waals surface area (Å²) in [5.74, 6) is -1.01. The van der Waals surface area contributed by atoms with Gasteiger partial charge in [0, 0.05) is 23.0 Å². The number of rotatable bonds is 7. The fourth-order valence-corrected chi connectivity index (χ4v) is 2.67. The number of amides is 1. The number of hydrogen-bond donors (Lipinski definition) is 1. The maximum atomic E-state index is 12.2. The van der Waals surface area contributed by atoms with Crippen LogP contribution in [0.5, 0.6) is 0 Å². The zero-order valence-corrected chi connectivity index (χ0v) is 16.1. The van der Waals surface area contributed by atoms with Gasteiger partial charge in [0.25, 0.3) is 5.91 Å². The van der Waals surface area contributed by atoms with Crippen LogP contribution in [0.2, 0.25) is 5.02 Å². The van der Waals surface area contributed by atoms with Crippen molar-refractivity contribution in [2.75, 3.05) is 13.2 Å². The molecule has 6 nitrogen and oxygen atoms in total. The normalized spacial score (nSPS) is 10.9. The molecule has 3 aromatic rings. The molecule has 0 fully saturated rings. The summed E-state index contributed by atoms with van der Waals surface area (Å²) in [6.45, 7) is 0.385. The second kappa shape index (κ2) is 9.71. The van der Waals surface area contributed by atoms with Crippen LogP contribution in [0.25, 0.3) is 17.0 Å². The molecule has 0 aliphatic heterocycles. The summed E-state index contributed by atoms with van der Waals surface area (Å²) in [5, 5.41) is 3.90. The number of benzene rings is 2. The molecule has 29 heavy (non-hydrogen) atoms. The van der Waals surface area contributed by atoms with Gasteiger partial charge in [-0.05, 0) is 42.3 Å². The minimum absolute atomic E-state index is 0.0633. The number of ether oxygens (including phenoxy) is 1. The molecule has 3 rings (SSSR count). The number of nitrogens with one attached hydrogen (secondary N) is 1. The van der Waals surface area contributed by atoms with Crippen LogP contribution in [0, 0.1) is 0 Å². The Balaban J connectivity index is 1.43. The molecular weight excluding hydrogens is 394 g/mol. The minimum atomic E-state index is -0.694. The smallest absolute Gasteiger partial charge is 0.349 e. The van der Waals surface area contributed by atoms with Gasteiger partial charge in [-0.2, -0.15) is 0 Å². The number of fused-ring (bicyclic) bond motifs is 1. The molecule has 0 unspecified atom stereocenters. The van der Waals surface area contributed by atoms with E-state index in [2.05, 4.69) is 5.32 Å². The molecule has 1 heterocycles. The molecule has 0 aliphatic rings. The summed E-state index contributed by atoms with van der Waals surface area (Å²) in [6.07, 6.45) is 3.35. The Kier molecular flexibility index (Phi) is 6.81. The zero-order chi connectivity index (χ0) is 20.6. The number of para-hydroxylation sites is 1. The van der Waals surface area contributed by atoms with Crippen LogP contribution in [-0.4, -0.2) is 25.0 Å². The van der Waals surface area contributed by atoms with Crippen molar-refractivity contribution in [2.24, 2.45) is 0 Å². The Morgan fingerprint density at radius 1 is 1.10 bits per heavy atom. The van der Waals surface area contributed by atoms with E-state index in [9.17, 15) is 14.4 Å². The van der Waals surface area contributed by atoms with Crippen molar-refractivity contribution in [2.45, 2.75) is 6.42 Å². The van der Waals surface area contributed by atoms with Gasteiger partial charge in [0.15, 0.2) is 0 Å². The van der Waals surface area contributed by atoms with Crippen molar-refractivity contribution in [3.05, 3.63) is 87.2 Å². The van der Waals surface area contributed by atoms with Crippen molar-refractivity contribution < 1.29 is 18.7 Å². The predicted molar refractivity (Wildman–Crippen MR) is 111 cm³/mol. The highest BCUT2D eigenvalue weighted by Crippen LogP contribution is 2.12. The van der Waals surface area contributed by atoms with Crippen molar-refractivity contribution in [1.82, 2.24) is 5.32 Å². The van der Waals surface area contributed by atoms with Gasteiger partial charge < -0.3 is 14.5 Å². The van der Waals surface area contributed by atoms with Crippen LogP contribution in [0.3, 0.4) is 0 Å². The predicted octanol–water partition coefficient (Wildman–Crippen LogP) is 3.82. The lowest BCUT2D eigenvalue weighted by Crippen LogP contribution is -2.29. The summed E-state index contributed by atoms with van der Waals surface area (Å²) in [7, 11) is 0. The van der Waals surface area contributed by atoms with Gasteiger partial charge in [-0.25, -0.2) is 9.59 Å². The molecular formula is C22H18ClNO5. The highest BCUT2D eigenvalue weighted by atomic mass is 35.5. The molecule has 1 N–H and O–H groups in total. The summed E-state index contributed by atoms with van der Waals surface area (Å²) >= 11 is 5.80. The van der Waals surface area contributed by atoms with Crippen molar-refractivity contribution in [3.63, 3.8) is 0 Å². The summed E-state index contributed by atoms with van der Waals surface area (Å²) < 4.78 is 10.2. The van der Waals surface area contributed by atoms with E-state index in [-0.39, 0.29) is 18.7 Å². The largest absolute Gasteiger partial charge is 0.462 e. The van der Waals surface area contributed by atoms with E-state index in [4.69, 9.17) is 20.8 Å². The van der Waals surface area contributed by atoms with E-state index in [0.29, 0.717) is 22.4 Å². The van der Waals surface area contributed by atoms with E-state index in [0.717, 1.165) is 5.56 Å². The zero-order valence-electron chi connectivity index (χ0n) is 15.4. The monoisotopic (exact) mass is 411 g/mol. The van der Waals surface area contributed by atoms with Crippen LogP contribution in [0.1, 0.15) is 22.3 Å². The average molecular weight is 412 g/mol. The number of carbonyl (C=O) groups is 2. The second-order valence-electron chi connectivity index (χ2n) is 6.15. The van der Waals surface area contributed by atoms with Crippen LogP contribution in [0.4, 0.5) is 0 Å². The number of esters is 1. The Bertz CT molecular complexity index is 1100. The molecule has 0 bridgehead atoms. The third kappa shape index (κ3) is 5.80. The Morgan fingerprint density at radius 3 is 2.66 bits per heavy atom. The van der Waals surface area contributed by atoms with Crippen molar-refractivity contribution in [1.29, 1.82) is 0 Å². The van der Waals surface area contributed by atoms with Gasteiger partial charge in [0.1, 0.15) is 11.1 Å². The van der Waals surface area contributed by atoms with Gasteiger partial charge in [0.2, 0.25) is 0 Å². The van der Waals surface area contributed by atoms with E-state index in [1.54, 1.807) is 54.6 Å². The molecule has 1 amide bonds. The van der Waals surface area contributed by atoms with Crippen LogP contribution >= 0.6 is 11.6 Å². The topological polar surface area (TPSA) is 85.6 Å². The number of hydrogen-bond acceptors (Lipinski definition) is 5. The molecule has 7 heteroatoms.